The fraction of sp³-hybridized carbons (Fsp3) is 0.333. The van der Waals surface area contributed by atoms with Crippen molar-refractivity contribution in [1.82, 2.24) is 5.32 Å². The van der Waals surface area contributed by atoms with Gasteiger partial charge in [-0.15, -0.1) is 0 Å². The molecule has 1 heterocycles. The fourth-order valence-electron chi connectivity index (χ4n) is 1.82. The average molecular weight is 394 g/mol. The highest BCUT2D eigenvalue weighted by molar-refractivity contribution is 14.1. The number of rotatable bonds is 3. The number of halogens is 2. The van der Waals surface area contributed by atoms with Gasteiger partial charge in [-0.05, 0) is 59.5 Å². The minimum absolute atomic E-state index is 0.159. The van der Waals surface area contributed by atoms with Gasteiger partial charge in [0.25, 0.3) is 0 Å². The zero-order chi connectivity index (χ0) is 11.5. The zero-order valence-electron chi connectivity index (χ0n) is 8.97. The topological polar surface area (TPSA) is 21.3 Å². The van der Waals surface area contributed by atoms with Crippen molar-refractivity contribution < 1.29 is 4.74 Å². The summed E-state index contributed by atoms with van der Waals surface area (Å²) < 4.78 is 7.98. The molecule has 0 amide bonds. The molecule has 0 fully saturated rings. The Kier molecular flexibility index (Phi) is 4.27. The molecule has 0 aromatic heterocycles. The van der Waals surface area contributed by atoms with Gasteiger partial charge in [-0.1, -0.05) is 15.9 Å². The number of likely N-dealkylation sites (N-methyl/N-ethyl adjacent to an activating group) is 1. The number of benzene rings is 1. The van der Waals surface area contributed by atoms with E-state index in [1.54, 1.807) is 0 Å². The van der Waals surface area contributed by atoms with E-state index in [1.165, 1.54) is 9.13 Å². The van der Waals surface area contributed by atoms with Gasteiger partial charge in [-0.25, -0.2) is 0 Å². The van der Waals surface area contributed by atoms with E-state index in [9.17, 15) is 0 Å². The molecule has 1 unspecified atom stereocenters. The van der Waals surface area contributed by atoms with Crippen LogP contribution in [-0.4, -0.2) is 13.7 Å². The highest BCUT2D eigenvalue weighted by atomic mass is 127. The minimum atomic E-state index is 0.159. The molecular weight excluding hydrogens is 381 g/mol. The molecular formula is C12H13BrINO. The molecule has 0 saturated heterocycles. The van der Waals surface area contributed by atoms with Crippen molar-refractivity contribution in [3.8, 4) is 0 Å². The lowest BCUT2D eigenvalue weighted by atomic mass is 10.1. The van der Waals surface area contributed by atoms with E-state index in [2.05, 4.69) is 68.1 Å². The molecule has 2 rings (SSSR count). The Morgan fingerprint density at radius 2 is 2.31 bits per heavy atom. The first-order valence-corrected chi connectivity index (χ1v) is 7.04. The van der Waals surface area contributed by atoms with E-state index in [0.29, 0.717) is 0 Å². The Bertz CT molecular complexity index is 419. The third-order valence-electron chi connectivity index (χ3n) is 2.57. The summed E-state index contributed by atoms with van der Waals surface area (Å²) in [6, 6.07) is 6.47. The van der Waals surface area contributed by atoms with Crippen LogP contribution in [0.1, 0.15) is 18.0 Å². The van der Waals surface area contributed by atoms with Crippen molar-refractivity contribution >= 4 is 38.5 Å². The van der Waals surface area contributed by atoms with Crippen LogP contribution in [-0.2, 0) is 4.74 Å². The maximum absolute atomic E-state index is 5.64. The average Bonchev–Trinajstić information content (AvgIpc) is 2.78. The monoisotopic (exact) mass is 393 g/mol. The highest BCUT2D eigenvalue weighted by Gasteiger charge is 2.21. The maximum Gasteiger partial charge on any atom is 0.114 e. The number of hydrogen-bond acceptors (Lipinski definition) is 2. The molecule has 0 aliphatic carbocycles. The summed E-state index contributed by atoms with van der Waals surface area (Å²) in [5.74, 6) is 1.04. The van der Waals surface area contributed by atoms with Crippen LogP contribution in [0, 0.1) is 3.57 Å². The molecule has 1 aliphatic rings. The van der Waals surface area contributed by atoms with Gasteiger partial charge >= 0.3 is 0 Å². The largest absolute Gasteiger partial charge is 0.496 e. The van der Waals surface area contributed by atoms with Gasteiger partial charge in [0.2, 0.25) is 0 Å². The molecule has 0 radical (unpaired) electrons. The minimum Gasteiger partial charge on any atom is -0.496 e. The molecule has 16 heavy (non-hydrogen) atoms. The highest BCUT2D eigenvalue weighted by Crippen LogP contribution is 2.31. The normalized spacial score (nSPS) is 16.8. The fourth-order valence-corrected chi connectivity index (χ4v) is 2.85. The molecule has 1 aromatic rings. The summed E-state index contributed by atoms with van der Waals surface area (Å²) in [5, 5.41) is 3.31. The predicted octanol–water partition coefficient (Wildman–Crippen LogP) is 3.62. The van der Waals surface area contributed by atoms with Crippen LogP contribution in [0.25, 0.3) is 0 Å². The third kappa shape index (κ3) is 2.60. The second kappa shape index (κ2) is 5.51. The van der Waals surface area contributed by atoms with Gasteiger partial charge in [-0.3, -0.25) is 0 Å². The molecule has 1 N–H and O–H groups in total. The number of hydrogen-bond donors (Lipinski definition) is 1. The van der Waals surface area contributed by atoms with Crippen molar-refractivity contribution in [2.45, 2.75) is 12.5 Å². The molecule has 1 aromatic carbocycles. The summed E-state index contributed by atoms with van der Waals surface area (Å²) in [6.07, 6.45) is 3.18. The van der Waals surface area contributed by atoms with Gasteiger partial charge < -0.3 is 10.1 Å². The summed E-state index contributed by atoms with van der Waals surface area (Å²) >= 11 is 5.87. The molecule has 4 heteroatoms. The molecule has 1 atom stereocenters. The quantitative estimate of drug-likeness (QED) is 0.792. The summed E-state index contributed by atoms with van der Waals surface area (Å²) in [4.78, 5) is 0. The number of nitrogens with one attached hydrogen (secondary N) is 1. The Morgan fingerprint density at radius 3 is 2.94 bits per heavy atom. The first kappa shape index (κ1) is 12.4. The van der Waals surface area contributed by atoms with Crippen LogP contribution in [0.4, 0.5) is 0 Å². The maximum atomic E-state index is 5.64. The van der Waals surface area contributed by atoms with E-state index in [4.69, 9.17) is 4.74 Å². The Labute approximate surface area is 118 Å². The molecule has 0 spiro atoms. The standard InChI is InChI=1S/C12H13BrINO/c1-15-12(11-3-2-6-16-11)9-7-8(13)4-5-10(9)14/h3-5,7,12,15H,2,6H2,1H3. The van der Waals surface area contributed by atoms with Crippen molar-refractivity contribution in [1.29, 1.82) is 0 Å². The predicted molar refractivity (Wildman–Crippen MR) is 77.3 cm³/mol. The van der Waals surface area contributed by atoms with Crippen LogP contribution in [0.3, 0.4) is 0 Å². The lowest BCUT2D eigenvalue weighted by Gasteiger charge is -2.19. The van der Waals surface area contributed by atoms with Crippen molar-refractivity contribution in [2.75, 3.05) is 13.7 Å². The molecule has 2 nitrogen and oxygen atoms in total. The zero-order valence-corrected chi connectivity index (χ0v) is 12.7. The lowest BCUT2D eigenvalue weighted by molar-refractivity contribution is 0.218. The van der Waals surface area contributed by atoms with Gasteiger partial charge in [0.05, 0.1) is 12.6 Å². The van der Waals surface area contributed by atoms with Crippen molar-refractivity contribution in [3.05, 3.63) is 43.6 Å². The van der Waals surface area contributed by atoms with E-state index in [-0.39, 0.29) is 6.04 Å². The number of ether oxygens (including phenoxy) is 1. The smallest absolute Gasteiger partial charge is 0.114 e. The molecule has 0 bridgehead atoms. The third-order valence-corrected chi connectivity index (χ3v) is 4.05. The second-order valence-electron chi connectivity index (χ2n) is 3.63. The summed E-state index contributed by atoms with van der Waals surface area (Å²) in [5.41, 5.74) is 1.26. The first-order chi connectivity index (χ1) is 7.72. The molecule has 1 aliphatic heterocycles. The van der Waals surface area contributed by atoms with Crippen LogP contribution in [0.5, 0.6) is 0 Å². The summed E-state index contributed by atoms with van der Waals surface area (Å²) in [7, 11) is 1.96. The van der Waals surface area contributed by atoms with Gasteiger partial charge in [0.1, 0.15) is 5.76 Å². The SMILES string of the molecule is CNC(C1=CCCO1)c1cc(Br)ccc1I. The van der Waals surface area contributed by atoms with Crippen molar-refractivity contribution in [3.63, 3.8) is 0 Å². The van der Waals surface area contributed by atoms with Gasteiger partial charge in [0, 0.05) is 14.5 Å². The molecule has 0 saturated carbocycles. The Morgan fingerprint density at radius 1 is 1.50 bits per heavy atom. The second-order valence-corrected chi connectivity index (χ2v) is 5.71. The van der Waals surface area contributed by atoms with Crippen molar-refractivity contribution in [2.24, 2.45) is 0 Å². The Hall–Kier alpha value is -0.0700. The molecule has 86 valence electrons. The van der Waals surface area contributed by atoms with E-state index >= 15 is 0 Å². The first-order valence-electron chi connectivity index (χ1n) is 5.17. The summed E-state index contributed by atoms with van der Waals surface area (Å²) in [6.45, 7) is 0.804. The van der Waals surface area contributed by atoms with E-state index in [1.807, 2.05) is 7.05 Å². The van der Waals surface area contributed by atoms with Crippen LogP contribution in [0.2, 0.25) is 0 Å². The van der Waals surface area contributed by atoms with Crippen LogP contribution < -0.4 is 5.32 Å². The van der Waals surface area contributed by atoms with Crippen LogP contribution >= 0.6 is 38.5 Å². The van der Waals surface area contributed by atoms with Crippen LogP contribution in [0.15, 0.2) is 34.5 Å². The van der Waals surface area contributed by atoms with E-state index in [0.717, 1.165) is 23.3 Å². The van der Waals surface area contributed by atoms with Gasteiger partial charge in [-0.2, -0.15) is 0 Å². The van der Waals surface area contributed by atoms with E-state index < -0.39 is 0 Å². The lowest BCUT2D eigenvalue weighted by Crippen LogP contribution is -2.20. The Balaban J connectivity index is 2.35. The van der Waals surface area contributed by atoms with Gasteiger partial charge in [0.15, 0.2) is 0 Å².